The molecule has 1 atom stereocenters. The van der Waals surface area contributed by atoms with Crippen LogP contribution in [0.2, 0.25) is 0 Å². The highest BCUT2D eigenvalue weighted by Crippen LogP contribution is 2.29. The number of nitrogens with zero attached hydrogens (tertiary/aromatic N) is 2. The highest BCUT2D eigenvalue weighted by molar-refractivity contribution is 4.99. The average molecular weight is 471 g/mol. The number of likely N-dealkylation sites (N-methyl/N-ethyl adjacent to an activating group) is 1. The summed E-state index contributed by atoms with van der Waals surface area (Å²) in [6, 6.07) is 0. The second-order valence-corrected chi connectivity index (χ2v) is 9.71. The van der Waals surface area contributed by atoms with Gasteiger partial charge in [0.05, 0.1) is 45.4 Å². The molecule has 0 spiro atoms. The standard InChI is InChI=1S/C15H31NO3.C12H23NO/c1-7-15(3,4)14(2)19-13-12-18-11-10-17-9-8-16(5)6;1-4-11(2)12(3)5-6-13-7-9-14-10-8-13/h2,7-13H2,1,3-6H3;11H,3-10H2,1-2H3. The molecule has 1 heterocycles. The third kappa shape index (κ3) is 17.2. The number of hydrogen-bond donors (Lipinski definition) is 0. The molecule has 1 rings (SSSR count). The first-order chi connectivity index (χ1) is 15.6. The molecular weight excluding hydrogens is 416 g/mol. The minimum absolute atomic E-state index is 0.0370. The number of allylic oxidation sites excluding steroid dienone is 1. The van der Waals surface area contributed by atoms with E-state index < -0.39 is 0 Å². The van der Waals surface area contributed by atoms with Crippen molar-refractivity contribution in [1.29, 1.82) is 0 Å². The van der Waals surface area contributed by atoms with Gasteiger partial charge >= 0.3 is 0 Å². The van der Waals surface area contributed by atoms with E-state index in [1.54, 1.807) is 0 Å². The molecule has 6 heteroatoms. The maximum Gasteiger partial charge on any atom is 0.111 e. The van der Waals surface area contributed by atoms with Gasteiger partial charge in [-0.25, -0.2) is 0 Å². The first kappa shape index (κ1) is 32.1. The summed E-state index contributed by atoms with van der Waals surface area (Å²) in [4.78, 5) is 4.56. The van der Waals surface area contributed by atoms with Gasteiger partial charge in [-0.3, -0.25) is 4.90 Å². The molecule has 0 aromatic rings. The van der Waals surface area contributed by atoms with Crippen LogP contribution in [0.3, 0.4) is 0 Å². The van der Waals surface area contributed by atoms with E-state index in [0.29, 0.717) is 32.3 Å². The zero-order chi connectivity index (χ0) is 25.1. The Morgan fingerprint density at radius 3 is 2.12 bits per heavy atom. The zero-order valence-corrected chi connectivity index (χ0v) is 22.9. The maximum atomic E-state index is 5.59. The topological polar surface area (TPSA) is 43.4 Å². The summed E-state index contributed by atoms with van der Waals surface area (Å²) in [5, 5.41) is 0. The summed E-state index contributed by atoms with van der Waals surface area (Å²) in [6.07, 6.45) is 3.38. The van der Waals surface area contributed by atoms with Crippen molar-refractivity contribution >= 4 is 0 Å². The summed E-state index contributed by atoms with van der Waals surface area (Å²) >= 11 is 0. The molecule has 0 aromatic carbocycles. The van der Waals surface area contributed by atoms with E-state index in [1.807, 2.05) is 14.1 Å². The number of morpholine rings is 1. The minimum Gasteiger partial charge on any atom is -0.496 e. The Morgan fingerprint density at radius 2 is 1.58 bits per heavy atom. The summed E-state index contributed by atoms with van der Waals surface area (Å²) in [7, 11) is 4.06. The molecule has 6 nitrogen and oxygen atoms in total. The lowest BCUT2D eigenvalue weighted by Crippen LogP contribution is -2.37. The van der Waals surface area contributed by atoms with Gasteiger partial charge in [0, 0.05) is 31.6 Å². The molecule has 1 unspecified atom stereocenters. The van der Waals surface area contributed by atoms with Crippen LogP contribution in [0.5, 0.6) is 0 Å². The highest BCUT2D eigenvalue weighted by atomic mass is 16.5. The predicted molar refractivity (Wildman–Crippen MR) is 140 cm³/mol. The first-order valence-electron chi connectivity index (χ1n) is 12.7. The molecule has 196 valence electrons. The normalized spacial score (nSPS) is 15.6. The Bertz CT molecular complexity index is 502. The zero-order valence-electron chi connectivity index (χ0n) is 22.9. The smallest absolute Gasteiger partial charge is 0.111 e. The highest BCUT2D eigenvalue weighted by Gasteiger charge is 2.20. The molecule has 0 aromatic heterocycles. The van der Waals surface area contributed by atoms with Crippen molar-refractivity contribution in [2.45, 2.75) is 53.9 Å². The lowest BCUT2D eigenvalue weighted by Gasteiger charge is -2.27. The molecule has 0 amide bonds. The van der Waals surface area contributed by atoms with Crippen molar-refractivity contribution in [1.82, 2.24) is 9.80 Å². The van der Waals surface area contributed by atoms with Gasteiger partial charge in [0.25, 0.3) is 0 Å². The van der Waals surface area contributed by atoms with Crippen LogP contribution in [0.4, 0.5) is 0 Å². The van der Waals surface area contributed by atoms with Crippen molar-refractivity contribution in [2.24, 2.45) is 11.3 Å². The largest absolute Gasteiger partial charge is 0.496 e. The molecular formula is C27H54N2O4. The average Bonchev–Trinajstić information content (AvgIpc) is 2.81. The summed E-state index contributed by atoms with van der Waals surface area (Å²) in [6.45, 7) is 28.2. The molecule has 0 bridgehead atoms. The van der Waals surface area contributed by atoms with Crippen molar-refractivity contribution in [2.75, 3.05) is 86.5 Å². The van der Waals surface area contributed by atoms with E-state index in [0.717, 1.165) is 64.6 Å². The maximum absolute atomic E-state index is 5.59. The molecule has 0 aliphatic carbocycles. The van der Waals surface area contributed by atoms with Gasteiger partial charge in [-0.2, -0.15) is 0 Å². The fourth-order valence-corrected chi connectivity index (χ4v) is 2.85. The van der Waals surface area contributed by atoms with Gasteiger partial charge in [0.1, 0.15) is 6.61 Å². The lowest BCUT2D eigenvalue weighted by molar-refractivity contribution is 0.0177. The van der Waals surface area contributed by atoms with E-state index in [2.05, 4.69) is 57.6 Å². The first-order valence-corrected chi connectivity index (χ1v) is 12.7. The fourth-order valence-electron chi connectivity index (χ4n) is 2.85. The molecule has 0 radical (unpaired) electrons. The summed E-state index contributed by atoms with van der Waals surface area (Å²) in [5.41, 5.74) is 1.44. The van der Waals surface area contributed by atoms with Crippen LogP contribution in [-0.2, 0) is 18.9 Å². The van der Waals surface area contributed by atoms with Crippen molar-refractivity contribution in [3.63, 3.8) is 0 Å². The predicted octanol–water partition coefficient (Wildman–Crippen LogP) is 4.86. The van der Waals surface area contributed by atoms with E-state index in [9.17, 15) is 0 Å². The molecule has 1 aliphatic rings. The lowest BCUT2D eigenvalue weighted by atomic mass is 9.88. The van der Waals surface area contributed by atoms with Crippen molar-refractivity contribution < 1.29 is 18.9 Å². The van der Waals surface area contributed by atoms with Gasteiger partial charge < -0.3 is 23.8 Å². The second-order valence-electron chi connectivity index (χ2n) is 9.71. The fraction of sp³-hybridized carbons (Fsp3) is 0.852. The van der Waals surface area contributed by atoms with Gasteiger partial charge in [-0.1, -0.05) is 53.3 Å². The third-order valence-electron chi connectivity index (χ3n) is 6.36. The Balaban J connectivity index is 0.000000647. The van der Waals surface area contributed by atoms with Gasteiger partial charge in [0.2, 0.25) is 0 Å². The molecule has 1 aliphatic heterocycles. The second kappa shape index (κ2) is 19.4. The van der Waals surface area contributed by atoms with E-state index >= 15 is 0 Å². The van der Waals surface area contributed by atoms with Crippen molar-refractivity contribution in [3.8, 4) is 0 Å². The quantitative estimate of drug-likeness (QED) is 0.172. The SMILES string of the molecule is C=C(CCN1CCOCC1)C(C)CC.C=C(OCCOCCOCCN(C)C)C(C)(C)CC. The number of rotatable bonds is 17. The van der Waals surface area contributed by atoms with Crippen LogP contribution < -0.4 is 0 Å². The minimum atomic E-state index is 0.0370. The van der Waals surface area contributed by atoms with Crippen LogP contribution in [-0.4, -0.2) is 96.3 Å². The summed E-state index contributed by atoms with van der Waals surface area (Å²) < 4.78 is 21.8. The van der Waals surface area contributed by atoms with Gasteiger partial charge in [-0.05, 0) is 39.3 Å². The molecule has 33 heavy (non-hydrogen) atoms. The Morgan fingerprint density at radius 1 is 1.00 bits per heavy atom. The Kier molecular flexibility index (Phi) is 18.9. The molecule has 1 fully saturated rings. The van der Waals surface area contributed by atoms with Crippen LogP contribution in [0.15, 0.2) is 24.5 Å². The van der Waals surface area contributed by atoms with E-state index in [4.69, 9.17) is 18.9 Å². The monoisotopic (exact) mass is 470 g/mol. The Hall–Kier alpha value is -0.920. The van der Waals surface area contributed by atoms with Crippen LogP contribution >= 0.6 is 0 Å². The molecule has 0 saturated carbocycles. The van der Waals surface area contributed by atoms with Crippen molar-refractivity contribution in [3.05, 3.63) is 24.5 Å². The molecule has 1 saturated heterocycles. The number of hydrogen-bond acceptors (Lipinski definition) is 6. The van der Waals surface area contributed by atoms with E-state index in [-0.39, 0.29) is 5.41 Å². The van der Waals surface area contributed by atoms with Gasteiger partial charge in [0.15, 0.2) is 0 Å². The van der Waals surface area contributed by atoms with Crippen LogP contribution in [0.25, 0.3) is 0 Å². The Labute approximate surface area is 205 Å². The van der Waals surface area contributed by atoms with Crippen LogP contribution in [0.1, 0.15) is 53.9 Å². The van der Waals surface area contributed by atoms with Gasteiger partial charge in [-0.15, -0.1) is 0 Å². The van der Waals surface area contributed by atoms with Crippen LogP contribution in [0, 0.1) is 11.3 Å². The summed E-state index contributed by atoms with van der Waals surface area (Å²) in [5.74, 6) is 1.51. The number of ether oxygens (including phenoxy) is 4. The third-order valence-corrected chi connectivity index (χ3v) is 6.36. The van der Waals surface area contributed by atoms with E-state index in [1.165, 1.54) is 12.0 Å². The molecule has 0 N–H and O–H groups in total.